The highest BCUT2D eigenvalue weighted by Gasteiger charge is 2.06. The highest BCUT2D eigenvalue weighted by molar-refractivity contribution is 5.81. The van der Waals surface area contributed by atoms with Crippen LogP contribution in [0.25, 0.3) is 10.9 Å². The third kappa shape index (κ3) is 1.64. The Hall–Kier alpha value is -2.61. The predicted octanol–water partition coefficient (Wildman–Crippen LogP) is 1.69. The molecule has 3 rings (SSSR count). The van der Waals surface area contributed by atoms with Crippen LogP contribution in [0, 0.1) is 11.3 Å². The minimum atomic E-state index is 0.648. The minimum Gasteiger partial charge on any atom is -0.340 e. The van der Waals surface area contributed by atoms with Gasteiger partial charge >= 0.3 is 0 Å². The van der Waals surface area contributed by atoms with Gasteiger partial charge in [-0.25, -0.2) is 0 Å². The molecule has 0 radical (unpaired) electrons. The van der Waals surface area contributed by atoms with Gasteiger partial charge in [-0.05, 0) is 23.6 Å². The van der Waals surface area contributed by atoms with Crippen LogP contribution in [0.4, 0.5) is 0 Å². The highest BCUT2D eigenvalue weighted by atomic mass is 15.3. The molecule has 0 amide bonds. The van der Waals surface area contributed by atoms with E-state index in [2.05, 4.69) is 20.8 Å². The van der Waals surface area contributed by atoms with Crippen LogP contribution in [0.3, 0.4) is 0 Å². The van der Waals surface area contributed by atoms with Gasteiger partial charge in [0.05, 0.1) is 18.2 Å². The van der Waals surface area contributed by atoms with Gasteiger partial charge in [-0.1, -0.05) is 6.07 Å². The molecule has 0 aliphatic rings. The zero-order chi connectivity index (χ0) is 12.5. The molecule has 1 aromatic carbocycles. The summed E-state index contributed by atoms with van der Waals surface area (Å²) < 4.78 is 3.96. The number of hydrogen-bond donors (Lipinski definition) is 0. The van der Waals surface area contributed by atoms with Gasteiger partial charge in [0.1, 0.15) is 6.33 Å². The second kappa shape index (κ2) is 4.00. The van der Waals surface area contributed by atoms with E-state index in [9.17, 15) is 0 Å². The molecule has 0 saturated heterocycles. The Morgan fingerprint density at radius 2 is 2.22 bits per heavy atom. The van der Waals surface area contributed by atoms with Gasteiger partial charge in [0.15, 0.2) is 5.82 Å². The number of fused-ring (bicyclic) bond motifs is 1. The van der Waals surface area contributed by atoms with Crippen LogP contribution < -0.4 is 0 Å². The van der Waals surface area contributed by atoms with E-state index in [4.69, 9.17) is 5.26 Å². The summed E-state index contributed by atoms with van der Waals surface area (Å²) in [7, 11) is 1.92. The number of rotatable bonds is 2. The van der Waals surface area contributed by atoms with Gasteiger partial charge in [0.25, 0.3) is 0 Å². The molecule has 0 fully saturated rings. The fourth-order valence-corrected chi connectivity index (χ4v) is 1.99. The van der Waals surface area contributed by atoms with Crippen LogP contribution >= 0.6 is 0 Å². The molecule has 18 heavy (non-hydrogen) atoms. The molecule has 0 N–H and O–H groups in total. The topological polar surface area (TPSA) is 59.4 Å². The summed E-state index contributed by atoms with van der Waals surface area (Å²) in [5.41, 5.74) is 1.71. The summed E-state index contributed by atoms with van der Waals surface area (Å²) >= 11 is 0. The van der Waals surface area contributed by atoms with E-state index in [1.165, 1.54) is 0 Å². The molecule has 0 bridgehead atoms. The van der Waals surface area contributed by atoms with Crippen LogP contribution in [0.2, 0.25) is 0 Å². The van der Waals surface area contributed by atoms with Gasteiger partial charge in [0.2, 0.25) is 0 Å². The third-order valence-corrected chi connectivity index (χ3v) is 3.02. The van der Waals surface area contributed by atoms with E-state index in [1.54, 1.807) is 6.33 Å². The van der Waals surface area contributed by atoms with Crippen LogP contribution in [-0.4, -0.2) is 19.3 Å². The maximum Gasteiger partial charge on any atom is 0.152 e. The summed E-state index contributed by atoms with van der Waals surface area (Å²) in [5, 5.41) is 18.0. The lowest BCUT2D eigenvalue weighted by molar-refractivity contribution is 0.716. The van der Waals surface area contributed by atoms with Crippen molar-refractivity contribution in [3.63, 3.8) is 0 Å². The van der Waals surface area contributed by atoms with Gasteiger partial charge in [0, 0.05) is 18.8 Å². The second-order valence-electron chi connectivity index (χ2n) is 4.19. The standard InChI is InChI=1S/C13H11N5/c1-17-9-15-16-13(17)8-18-5-4-11-3-2-10(7-14)6-12(11)18/h2-6,9H,8H2,1H3. The first-order valence-electron chi connectivity index (χ1n) is 5.60. The lowest BCUT2D eigenvalue weighted by atomic mass is 10.2. The molecule has 0 saturated carbocycles. The zero-order valence-electron chi connectivity index (χ0n) is 9.91. The van der Waals surface area contributed by atoms with Crippen molar-refractivity contribution in [2.75, 3.05) is 0 Å². The maximum absolute atomic E-state index is 8.94. The quantitative estimate of drug-likeness (QED) is 0.681. The SMILES string of the molecule is Cn1cnnc1Cn1ccc2ccc(C#N)cc21. The fraction of sp³-hybridized carbons (Fsp3) is 0.154. The molecule has 0 spiro atoms. The molecule has 0 aliphatic heterocycles. The molecule has 3 aromatic rings. The van der Waals surface area contributed by atoms with Crippen LogP contribution in [0.1, 0.15) is 11.4 Å². The highest BCUT2D eigenvalue weighted by Crippen LogP contribution is 2.18. The van der Waals surface area contributed by atoms with Gasteiger partial charge < -0.3 is 9.13 Å². The Morgan fingerprint density at radius 1 is 1.33 bits per heavy atom. The molecule has 0 unspecified atom stereocenters. The second-order valence-corrected chi connectivity index (χ2v) is 4.19. The summed E-state index contributed by atoms with van der Waals surface area (Å²) in [6, 6.07) is 9.88. The van der Waals surface area contributed by atoms with E-state index < -0.39 is 0 Å². The van der Waals surface area contributed by atoms with Crippen molar-refractivity contribution in [1.82, 2.24) is 19.3 Å². The molecular formula is C13H11N5. The van der Waals surface area contributed by atoms with Crippen LogP contribution in [-0.2, 0) is 13.6 Å². The normalized spacial score (nSPS) is 10.7. The van der Waals surface area contributed by atoms with E-state index in [-0.39, 0.29) is 0 Å². The van der Waals surface area contributed by atoms with Crippen LogP contribution in [0.15, 0.2) is 36.8 Å². The third-order valence-electron chi connectivity index (χ3n) is 3.02. The molecule has 0 atom stereocenters. The summed E-state index contributed by atoms with van der Waals surface area (Å²) in [6.45, 7) is 0.648. The average Bonchev–Trinajstić information content (AvgIpc) is 2.97. The lowest BCUT2D eigenvalue weighted by Gasteiger charge is -2.04. The largest absolute Gasteiger partial charge is 0.340 e. The smallest absolute Gasteiger partial charge is 0.152 e. The van der Waals surface area contributed by atoms with Crippen molar-refractivity contribution in [3.05, 3.63) is 48.2 Å². The first-order chi connectivity index (χ1) is 8.78. The molecule has 5 heteroatoms. The molecule has 5 nitrogen and oxygen atoms in total. The minimum absolute atomic E-state index is 0.648. The molecule has 2 aromatic heterocycles. The van der Waals surface area contributed by atoms with Crippen molar-refractivity contribution >= 4 is 10.9 Å². The predicted molar refractivity (Wildman–Crippen MR) is 66.8 cm³/mol. The van der Waals surface area contributed by atoms with E-state index in [1.807, 2.05) is 42.1 Å². The van der Waals surface area contributed by atoms with E-state index >= 15 is 0 Å². The van der Waals surface area contributed by atoms with Gasteiger partial charge in [-0.2, -0.15) is 5.26 Å². The molecule has 0 aliphatic carbocycles. The Balaban J connectivity index is 2.07. The Morgan fingerprint density at radius 3 is 2.94 bits per heavy atom. The van der Waals surface area contributed by atoms with Gasteiger partial charge in [-0.3, -0.25) is 0 Å². The number of benzene rings is 1. The number of nitriles is 1. The Labute approximate surface area is 104 Å². The van der Waals surface area contributed by atoms with Crippen molar-refractivity contribution in [3.8, 4) is 6.07 Å². The van der Waals surface area contributed by atoms with Crippen LogP contribution in [0.5, 0.6) is 0 Å². The van der Waals surface area contributed by atoms with Crippen molar-refractivity contribution in [1.29, 1.82) is 5.26 Å². The molecule has 2 heterocycles. The fourth-order valence-electron chi connectivity index (χ4n) is 1.99. The van der Waals surface area contributed by atoms with E-state index in [0.29, 0.717) is 12.1 Å². The number of aromatic nitrogens is 4. The number of hydrogen-bond acceptors (Lipinski definition) is 3. The first kappa shape index (κ1) is 10.5. The van der Waals surface area contributed by atoms with Gasteiger partial charge in [-0.15, -0.1) is 10.2 Å². The monoisotopic (exact) mass is 237 g/mol. The van der Waals surface area contributed by atoms with Crippen molar-refractivity contribution in [2.45, 2.75) is 6.54 Å². The van der Waals surface area contributed by atoms with Crippen molar-refractivity contribution < 1.29 is 0 Å². The lowest BCUT2D eigenvalue weighted by Crippen LogP contribution is -2.04. The van der Waals surface area contributed by atoms with Crippen molar-refractivity contribution in [2.24, 2.45) is 7.05 Å². The summed E-state index contributed by atoms with van der Waals surface area (Å²) in [4.78, 5) is 0. The maximum atomic E-state index is 8.94. The molecular weight excluding hydrogens is 226 g/mol. The number of nitrogens with zero attached hydrogens (tertiary/aromatic N) is 5. The Bertz CT molecular complexity index is 744. The Kier molecular flexibility index (Phi) is 2.34. The first-order valence-corrected chi connectivity index (χ1v) is 5.60. The zero-order valence-corrected chi connectivity index (χ0v) is 9.91. The number of aryl methyl sites for hydroxylation is 1. The summed E-state index contributed by atoms with van der Waals surface area (Å²) in [6.07, 6.45) is 3.68. The molecule has 88 valence electrons. The summed E-state index contributed by atoms with van der Waals surface area (Å²) in [5.74, 6) is 0.884. The average molecular weight is 237 g/mol. The van der Waals surface area contributed by atoms with E-state index in [0.717, 1.165) is 16.7 Å².